The fraction of sp³-hybridized carbons (Fsp3) is 0.364. The monoisotopic (exact) mass is 222 g/mol. The first-order valence-corrected chi connectivity index (χ1v) is 5.24. The Morgan fingerprint density at radius 3 is 3.07 bits per heavy atom. The Hall–Kier alpha value is -1.24. The average molecular weight is 223 g/mol. The Morgan fingerprint density at radius 2 is 2.40 bits per heavy atom. The van der Waals surface area contributed by atoms with Gasteiger partial charge in [-0.3, -0.25) is 0 Å². The summed E-state index contributed by atoms with van der Waals surface area (Å²) in [7, 11) is 0. The molecular weight excluding hydrogens is 212 g/mol. The van der Waals surface area contributed by atoms with E-state index in [9.17, 15) is 0 Å². The highest BCUT2D eigenvalue weighted by atomic mass is 35.5. The van der Waals surface area contributed by atoms with E-state index in [1.165, 1.54) is 0 Å². The van der Waals surface area contributed by atoms with Gasteiger partial charge in [0.15, 0.2) is 0 Å². The molecule has 0 amide bonds. The standard InChI is InChI=1S/C11H11ClN2O/c12-9-2-1-8(6-13)11(5-9)15-10-3-4-14-7-10/h1-2,5,10,14H,3-4,7H2. The van der Waals surface area contributed by atoms with Gasteiger partial charge in [0.05, 0.1) is 5.56 Å². The van der Waals surface area contributed by atoms with E-state index in [-0.39, 0.29) is 6.10 Å². The van der Waals surface area contributed by atoms with Gasteiger partial charge >= 0.3 is 0 Å². The molecule has 1 saturated heterocycles. The van der Waals surface area contributed by atoms with Gasteiger partial charge in [-0.2, -0.15) is 5.26 Å². The number of nitriles is 1. The van der Waals surface area contributed by atoms with Gasteiger partial charge in [0.2, 0.25) is 0 Å². The zero-order chi connectivity index (χ0) is 10.7. The van der Waals surface area contributed by atoms with Crippen LogP contribution >= 0.6 is 11.6 Å². The van der Waals surface area contributed by atoms with Crippen LogP contribution in [-0.2, 0) is 0 Å². The topological polar surface area (TPSA) is 45.0 Å². The summed E-state index contributed by atoms with van der Waals surface area (Å²) in [4.78, 5) is 0. The molecule has 1 fully saturated rings. The molecule has 1 aromatic carbocycles. The summed E-state index contributed by atoms with van der Waals surface area (Å²) < 4.78 is 5.71. The van der Waals surface area contributed by atoms with E-state index >= 15 is 0 Å². The number of hydrogen-bond acceptors (Lipinski definition) is 3. The first kappa shape index (κ1) is 10.3. The minimum absolute atomic E-state index is 0.149. The number of benzene rings is 1. The first-order valence-electron chi connectivity index (χ1n) is 4.86. The second-order valence-corrected chi connectivity index (χ2v) is 3.92. The van der Waals surface area contributed by atoms with Crippen LogP contribution in [0.4, 0.5) is 0 Å². The Kier molecular flexibility index (Phi) is 3.10. The highest BCUT2D eigenvalue weighted by molar-refractivity contribution is 6.30. The van der Waals surface area contributed by atoms with Crippen LogP contribution in [0.25, 0.3) is 0 Å². The first-order chi connectivity index (χ1) is 7.29. The Morgan fingerprint density at radius 1 is 1.53 bits per heavy atom. The SMILES string of the molecule is N#Cc1ccc(Cl)cc1OC1CCNC1. The summed E-state index contributed by atoms with van der Waals surface area (Å²) in [5.74, 6) is 0.582. The Labute approximate surface area is 93.6 Å². The van der Waals surface area contributed by atoms with Crippen LogP contribution in [0, 0.1) is 11.3 Å². The van der Waals surface area contributed by atoms with Crippen LogP contribution in [0.3, 0.4) is 0 Å². The molecule has 0 radical (unpaired) electrons. The molecule has 1 atom stereocenters. The number of rotatable bonds is 2. The van der Waals surface area contributed by atoms with Crippen LogP contribution in [0.5, 0.6) is 5.75 Å². The Balaban J connectivity index is 2.18. The minimum Gasteiger partial charge on any atom is -0.488 e. The fourth-order valence-corrected chi connectivity index (χ4v) is 1.76. The van der Waals surface area contributed by atoms with E-state index in [0.29, 0.717) is 16.3 Å². The van der Waals surface area contributed by atoms with Crippen LogP contribution in [0.15, 0.2) is 18.2 Å². The lowest BCUT2D eigenvalue weighted by Gasteiger charge is -2.13. The molecule has 0 aliphatic carbocycles. The maximum absolute atomic E-state index is 8.89. The summed E-state index contributed by atoms with van der Waals surface area (Å²) in [5, 5.41) is 12.7. The third kappa shape index (κ3) is 2.41. The van der Waals surface area contributed by atoms with Gasteiger partial charge in [-0.15, -0.1) is 0 Å². The zero-order valence-electron chi connectivity index (χ0n) is 8.16. The number of nitrogens with one attached hydrogen (secondary N) is 1. The minimum atomic E-state index is 0.149. The normalized spacial score (nSPS) is 19.9. The van der Waals surface area contributed by atoms with E-state index in [2.05, 4.69) is 11.4 Å². The molecule has 1 aliphatic heterocycles. The van der Waals surface area contributed by atoms with Crippen molar-refractivity contribution in [1.29, 1.82) is 5.26 Å². The van der Waals surface area contributed by atoms with Crippen molar-refractivity contribution in [2.45, 2.75) is 12.5 Å². The second kappa shape index (κ2) is 4.52. The Bertz CT molecular complexity index is 394. The maximum atomic E-state index is 8.89. The van der Waals surface area contributed by atoms with Crippen molar-refractivity contribution in [1.82, 2.24) is 5.32 Å². The third-order valence-corrected chi connectivity index (χ3v) is 2.61. The largest absolute Gasteiger partial charge is 0.488 e. The van der Waals surface area contributed by atoms with Crippen molar-refractivity contribution >= 4 is 11.6 Å². The van der Waals surface area contributed by atoms with E-state index in [1.807, 2.05) is 0 Å². The van der Waals surface area contributed by atoms with E-state index in [0.717, 1.165) is 19.5 Å². The summed E-state index contributed by atoms with van der Waals surface area (Å²) in [6.45, 7) is 1.80. The van der Waals surface area contributed by atoms with Crippen molar-refractivity contribution in [3.63, 3.8) is 0 Å². The molecule has 1 aromatic rings. The molecule has 1 N–H and O–H groups in total. The molecule has 0 bridgehead atoms. The lowest BCUT2D eigenvalue weighted by Crippen LogP contribution is -2.19. The van der Waals surface area contributed by atoms with Gasteiger partial charge in [0, 0.05) is 17.6 Å². The molecule has 0 spiro atoms. The van der Waals surface area contributed by atoms with Gasteiger partial charge < -0.3 is 10.1 Å². The highest BCUT2D eigenvalue weighted by Gasteiger charge is 2.17. The molecular formula is C11H11ClN2O. The molecule has 0 aromatic heterocycles. The summed E-state index contributed by atoms with van der Waals surface area (Å²) >= 11 is 5.85. The molecule has 2 rings (SSSR count). The fourth-order valence-electron chi connectivity index (χ4n) is 1.59. The van der Waals surface area contributed by atoms with Crippen LogP contribution in [0.2, 0.25) is 5.02 Å². The number of halogens is 1. The predicted octanol–water partition coefficient (Wildman–Crippen LogP) is 1.95. The maximum Gasteiger partial charge on any atom is 0.139 e. The second-order valence-electron chi connectivity index (χ2n) is 3.48. The third-order valence-electron chi connectivity index (χ3n) is 2.37. The lowest BCUT2D eigenvalue weighted by molar-refractivity contribution is 0.222. The van der Waals surface area contributed by atoms with Gasteiger partial charge in [0.25, 0.3) is 0 Å². The molecule has 0 saturated carbocycles. The summed E-state index contributed by atoms with van der Waals surface area (Å²) in [6, 6.07) is 7.16. The lowest BCUT2D eigenvalue weighted by atomic mass is 10.2. The molecule has 15 heavy (non-hydrogen) atoms. The molecule has 1 unspecified atom stereocenters. The van der Waals surface area contributed by atoms with Crippen LogP contribution in [0.1, 0.15) is 12.0 Å². The van der Waals surface area contributed by atoms with Gasteiger partial charge in [-0.25, -0.2) is 0 Å². The number of ether oxygens (including phenoxy) is 1. The van der Waals surface area contributed by atoms with Crippen molar-refractivity contribution in [3.05, 3.63) is 28.8 Å². The van der Waals surface area contributed by atoms with E-state index < -0.39 is 0 Å². The van der Waals surface area contributed by atoms with Gasteiger partial charge in [-0.1, -0.05) is 11.6 Å². The molecule has 1 heterocycles. The highest BCUT2D eigenvalue weighted by Crippen LogP contribution is 2.24. The smallest absolute Gasteiger partial charge is 0.139 e. The molecule has 3 nitrogen and oxygen atoms in total. The van der Waals surface area contributed by atoms with Crippen molar-refractivity contribution < 1.29 is 4.74 Å². The molecule has 1 aliphatic rings. The average Bonchev–Trinajstić information content (AvgIpc) is 2.71. The van der Waals surface area contributed by atoms with Gasteiger partial charge in [-0.05, 0) is 25.1 Å². The van der Waals surface area contributed by atoms with Crippen LogP contribution in [-0.4, -0.2) is 19.2 Å². The molecule has 78 valence electrons. The van der Waals surface area contributed by atoms with E-state index in [1.54, 1.807) is 18.2 Å². The van der Waals surface area contributed by atoms with Gasteiger partial charge in [0.1, 0.15) is 17.9 Å². The summed E-state index contributed by atoms with van der Waals surface area (Å²) in [5.41, 5.74) is 0.534. The number of hydrogen-bond donors (Lipinski definition) is 1. The van der Waals surface area contributed by atoms with Crippen molar-refractivity contribution in [2.75, 3.05) is 13.1 Å². The van der Waals surface area contributed by atoms with Crippen LogP contribution < -0.4 is 10.1 Å². The molecule has 4 heteroatoms. The summed E-state index contributed by atoms with van der Waals surface area (Å²) in [6.07, 6.45) is 1.12. The van der Waals surface area contributed by atoms with E-state index in [4.69, 9.17) is 21.6 Å². The zero-order valence-corrected chi connectivity index (χ0v) is 8.92. The van der Waals surface area contributed by atoms with Crippen molar-refractivity contribution in [2.24, 2.45) is 0 Å². The van der Waals surface area contributed by atoms with Crippen molar-refractivity contribution in [3.8, 4) is 11.8 Å². The quantitative estimate of drug-likeness (QED) is 0.832. The number of nitrogens with zero attached hydrogens (tertiary/aromatic N) is 1. The predicted molar refractivity (Wildman–Crippen MR) is 58.1 cm³/mol.